The number of likely N-dealkylation sites (N-methyl/N-ethyl adjacent to an activating group) is 1. The fraction of sp³-hybridized carbons (Fsp3) is 0.200. The zero-order valence-corrected chi connectivity index (χ0v) is 8.36. The molecule has 16 heavy (non-hydrogen) atoms. The molecule has 0 saturated carbocycles. The topological polar surface area (TPSA) is 66.8 Å². The lowest BCUT2D eigenvalue weighted by atomic mass is 10.1. The van der Waals surface area contributed by atoms with E-state index in [9.17, 15) is 14.0 Å². The number of carbonyl (C=O) groups excluding carboxylic acids is 1. The molecule has 1 amide bonds. The van der Waals surface area contributed by atoms with E-state index < -0.39 is 17.3 Å². The van der Waals surface area contributed by atoms with E-state index in [1.54, 1.807) is 0 Å². The Morgan fingerprint density at radius 3 is 2.88 bits per heavy atom. The highest BCUT2D eigenvalue weighted by molar-refractivity contribution is 5.99. The maximum Gasteiger partial charge on any atom is 0.338 e. The molecule has 1 N–H and O–H groups in total. The van der Waals surface area contributed by atoms with Gasteiger partial charge in [-0.2, -0.15) is 0 Å². The number of benzene rings is 1. The summed E-state index contributed by atoms with van der Waals surface area (Å²) in [5.74, 6) is -2.40. The van der Waals surface area contributed by atoms with E-state index in [2.05, 4.69) is 0 Å². The molecule has 2 rings (SSSR count). The van der Waals surface area contributed by atoms with Crippen LogP contribution in [-0.2, 0) is 4.79 Å². The van der Waals surface area contributed by atoms with Crippen molar-refractivity contribution in [2.75, 3.05) is 18.6 Å². The molecule has 0 fully saturated rings. The number of ether oxygens (including phenoxy) is 1. The summed E-state index contributed by atoms with van der Waals surface area (Å²) in [6.45, 7) is -0.171. The number of amides is 1. The monoisotopic (exact) mass is 225 g/mol. The zero-order chi connectivity index (χ0) is 11.9. The fourth-order valence-corrected chi connectivity index (χ4v) is 1.46. The second-order valence-electron chi connectivity index (χ2n) is 3.35. The molecule has 1 aliphatic heterocycles. The third-order valence-electron chi connectivity index (χ3n) is 2.37. The third-order valence-corrected chi connectivity index (χ3v) is 2.37. The van der Waals surface area contributed by atoms with Crippen molar-refractivity contribution in [3.05, 3.63) is 23.5 Å². The van der Waals surface area contributed by atoms with Crippen LogP contribution in [0.4, 0.5) is 10.1 Å². The summed E-state index contributed by atoms with van der Waals surface area (Å²) in [5.41, 5.74) is -0.223. The van der Waals surface area contributed by atoms with Crippen molar-refractivity contribution in [1.29, 1.82) is 0 Å². The van der Waals surface area contributed by atoms with E-state index in [0.717, 1.165) is 12.1 Å². The molecular formula is C10H8FNO4. The molecular weight excluding hydrogens is 217 g/mol. The van der Waals surface area contributed by atoms with Gasteiger partial charge in [-0.25, -0.2) is 9.18 Å². The Kier molecular flexibility index (Phi) is 2.26. The second-order valence-corrected chi connectivity index (χ2v) is 3.35. The number of rotatable bonds is 1. The summed E-state index contributed by atoms with van der Waals surface area (Å²) >= 11 is 0. The molecule has 84 valence electrons. The first kappa shape index (κ1) is 10.4. The van der Waals surface area contributed by atoms with E-state index in [4.69, 9.17) is 9.84 Å². The van der Waals surface area contributed by atoms with Gasteiger partial charge in [-0.05, 0) is 6.07 Å². The van der Waals surface area contributed by atoms with Gasteiger partial charge in [-0.3, -0.25) is 4.79 Å². The Labute approximate surface area is 90.0 Å². The highest BCUT2D eigenvalue weighted by atomic mass is 19.1. The molecule has 0 spiro atoms. The molecule has 1 aromatic carbocycles. The highest BCUT2D eigenvalue weighted by Crippen LogP contribution is 2.33. The molecule has 0 aromatic heterocycles. The Morgan fingerprint density at radius 1 is 1.56 bits per heavy atom. The first-order chi connectivity index (χ1) is 7.50. The Hall–Kier alpha value is -2.11. The van der Waals surface area contributed by atoms with Crippen molar-refractivity contribution in [2.24, 2.45) is 0 Å². The van der Waals surface area contributed by atoms with Crippen molar-refractivity contribution in [1.82, 2.24) is 0 Å². The lowest BCUT2D eigenvalue weighted by molar-refractivity contribution is -0.121. The van der Waals surface area contributed by atoms with Gasteiger partial charge in [0.15, 0.2) is 6.61 Å². The Bertz CT molecular complexity index is 486. The molecule has 1 heterocycles. The molecule has 0 bridgehead atoms. The zero-order valence-electron chi connectivity index (χ0n) is 8.36. The molecule has 1 aliphatic rings. The number of hydrogen-bond donors (Lipinski definition) is 1. The van der Waals surface area contributed by atoms with E-state index in [0.29, 0.717) is 0 Å². The first-order valence-electron chi connectivity index (χ1n) is 4.47. The number of anilines is 1. The van der Waals surface area contributed by atoms with Crippen LogP contribution >= 0.6 is 0 Å². The molecule has 0 aliphatic carbocycles. The van der Waals surface area contributed by atoms with Crippen molar-refractivity contribution in [2.45, 2.75) is 0 Å². The van der Waals surface area contributed by atoms with Gasteiger partial charge in [0.05, 0.1) is 11.3 Å². The molecule has 6 heteroatoms. The van der Waals surface area contributed by atoms with Crippen molar-refractivity contribution >= 4 is 17.6 Å². The third kappa shape index (κ3) is 1.48. The lowest BCUT2D eigenvalue weighted by Crippen LogP contribution is -2.35. The van der Waals surface area contributed by atoms with Gasteiger partial charge >= 0.3 is 5.97 Å². The Balaban J connectivity index is 2.58. The van der Waals surface area contributed by atoms with Crippen LogP contribution in [0.2, 0.25) is 0 Å². The number of aromatic carboxylic acids is 1. The van der Waals surface area contributed by atoms with Gasteiger partial charge in [0.25, 0.3) is 5.91 Å². The minimum Gasteiger partial charge on any atom is -0.481 e. The number of carboxylic acids is 1. The van der Waals surface area contributed by atoms with Crippen LogP contribution in [0.3, 0.4) is 0 Å². The van der Waals surface area contributed by atoms with Crippen LogP contribution in [0.1, 0.15) is 10.4 Å². The summed E-state index contributed by atoms with van der Waals surface area (Å²) < 4.78 is 18.3. The maximum absolute atomic E-state index is 13.3. The summed E-state index contributed by atoms with van der Waals surface area (Å²) in [6.07, 6.45) is 0. The van der Waals surface area contributed by atoms with Crippen LogP contribution < -0.4 is 9.64 Å². The van der Waals surface area contributed by atoms with Crippen LogP contribution in [0, 0.1) is 5.82 Å². The number of fused-ring (bicyclic) bond motifs is 1. The molecule has 0 atom stereocenters. The van der Waals surface area contributed by atoms with Crippen LogP contribution in [0.25, 0.3) is 0 Å². The van der Waals surface area contributed by atoms with E-state index >= 15 is 0 Å². The summed E-state index contributed by atoms with van der Waals surface area (Å²) in [5, 5.41) is 8.74. The van der Waals surface area contributed by atoms with E-state index in [1.165, 1.54) is 11.9 Å². The van der Waals surface area contributed by atoms with Gasteiger partial charge in [-0.15, -0.1) is 0 Å². The summed E-state index contributed by atoms with van der Waals surface area (Å²) in [7, 11) is 1.48. The molecule has 0 saturated heterocycles. The van der Waals surface area contributed by atoms with Gasteiger partial charge in [-0.1, -0.05) is 0 Å². The first-order valence-corrected chi connectivity index (χ1v) is 4.47. The highest BCUT2D eigenvalue weighted by Gasteiger charge is 2.25. The van der Waals surface area contributed by atoms with Crippen molar-refractivity contribution < 1.29 is 23.8 Å². The maximum atomic E-state index is 13.3. The van der Waals surface area contributed by atoms with E-state index in [-0.39, 0.29) is 24.0 Å². The largest absolute Gasteiger partial charge is 0.481 e. The minimum atomic E-state index is -1.38. The van der Waals surface area contributed by atoms with E-state index in [1.807, 2.05) is 0 Å². The number of nitrogens with zero attached hydrogens (tertiary/aromatic N) is 1. The van der Waals surface area contributed by atoms with Crippen molar-refractivity contribution in [3.8, 4) is 5.75 Å². The SMILES string of the molecule is CN1C(=O)COc2cc(F)c(C(=O)O)cc21. The number of carboxylic acid groups (broad SMARTS) is 1. The fourth-order valence-electron chi connectivity index (χ4n) is 1.46. The summed E-state index contributed by atoms with van der Waals surface area (Å²) in [6, 6.07) is 2.06. The van der Waals surface area contributed by atoms with Gasteiger partial charge < -0.3 is 14.7 Å². The standard InChI is InChI=1S/C10H8FNO4/c1-12-7-2-5(10(14)15)6(11)3-8(7)16-4-9(12)13/h2-3H,4H2,1H3,(H,14,15). The van der Waals surface area contributed by atoms with Crippen LogP contribution in [-0.4, -0.2) is 30.6 Å². The number of halogens is 1. The van der Waals surface area contributed by atoms with Gasteiger partial charge in [0.1, 0.15) is 11.6 Å². The molecule has 0 radical (unpaired) electrons. The normalized spacial score (nSPS) is 14.4. The Morgan fingerprint density at radius 2 is 2.25 bits per heavy atom. The number of carbonyl (C=O) groups is 2. The number of hydrogen-bond acceptors (Lipinski definition) is 3. The predicted molar refractivity (Wildman–Crippen MR) is 52.3 cm³/mol. The summed E-state index contributed by atoms with van der Waals surface area (Å²) in [4.78, 5) is 23.2. The molecule has 5 nitrogen and oxygen atoms in total. The van der Waals surface area contributed by atoms with Gasteiger partial charge in [0, 0.05) is 13.1 Å². The molecule has 0 unspecified atom stereocenters. The quantitative estimate of drug-likeness (QED) is 0.770. The smallest absolute Gasteiger partial charge is 0.338 e. The molecule has 1 aromatic rings. The van der Waals surface area contributed by atoms with Crippen LogP contribution in [0.5, 0.6) is 5.75 Å². The minimum absolute atomic E-state index is 0.171. The van der Waals surface area contributed by atoms with Gasteiger partial charge in [0.2, 0.25) is 0 Å². The predicted octanol–water partition coefficient (Wildman–Crippen LogP) is 0.879. The lowest BCUT2D eigenvalue weighted by Gasteiger charge is -2.26. The van der Waals surface area contributed by atoms with Crippen molar-refractivity contribution in [3.63, 3.8) is 0 Å². The average Bonchev–Trinajstić information content (AvgIpc) is 2.23. The average molecular weight is 225 g/mol. The second kappa shape index (κ2) is 3.48. The van der Waals surface area contributed by atoms with Crippen LogP contribution in [0.15, 0.2) is 12.1 Å².